The molecule has 8 heteroatoms. The minimum Gasteiger partial charge on any atom is -0.497 e. The van der Waals surface area contributed by atoms with Gasteiger partial charge in [-0.25, -0.2) is 4.98 Å². The van der Waals surface area contributed by atoms with Crippen LogP contribution in [0.5, 0.6) is 11.5 Å². The van der Waals surface area contributed by atoms with E-state index in [1.54, 1.807) is 44.7 Å². The summed E-state index contributed by atoms with van der Waals surface area (Å²) in [6.45, 7) is 1.47. The molecule has 1 heterocycles. The van der Waals surface area contributed by atoms with E-state index in [0.717, 1.165) is 16.8 Å². The maximum Gasteiger partial charge on any atom is 0.221 e. The molecule has 0 spiro atoms. The Bertz CT molecular complexity index is 1060. The number of ether oxygens (including phenoxy) is 2. The highest BCUT2D eigenvalue weighted by Crippen LogP contribution is 2.29. The lowest BCUT2D eigenvalue weighted by molar-refractivity contribution is -0.114. The van der Waals surface area contributed by atoms with Gasteiger partial charge in [0.05, 0.1) is 19.9 Å². The highest BCUT2D eigenvalue weighted by Gasteiger charge is 2.07. The first kappa shape index (κ1) is 20.7. The van der Waals surface area contributed by atoms with Gasteiger partial charge in [-0.15, -0.1) is 0 Å². The molecule has 4 N–H and O–H groups in total. The van der Waals surface area contributed by atoms with Crippen molar-refractivity contribution in [3.63, 3.8) is 0 Å². The first-order chi connectivity index (χ1) is 14.5. The molecular weight excluding hydrogens is 382 g/mol. The molecule has 1 amide bonds. The van der Waals surface area contributed by atoms with Crippen LogP contribution < -0.4 is 25.8 Å². The summed E-state index contributed by atoms with van der Waals surface area (Å²) < 4.78 is 10.5. The number of benzene rings is 2. The molecule has 0 aliphatic heterocycles. The number of nitrogens with one attached hydrogen (secondary N) is 2. The molecule has 0 fully saturated rings. The van der Waals surface area contributed by atoms with E-state index in [9.17, 15) is 4.79 Å². The van der Waals surface area contributed by atoms with Crippen LogP contribution in [0.25, 0.3) is 11.1 Å². The molecule has 0 saturated heterocycles. The third-order valence-corrected chi connectivity index (χ3v) is 4.17. The number of hydrogen-bond donors (Lipinski definition) is 3. The lowest BCUT2D eigenvalue weighted by Crippen LogP contribution is -2.22. The number of nitrogens with two attached hydrogens (primary N) is 1. The van der Waals surface area contributed by atoms with Crippen molar-refractivity contribution in [1.82, 2.24) is 4.98 Å². The summed E-state index contributed by atoms with van der Waals surface area (Å²) in [6, 6.07) is 16.5. The van der Waals surface area contributed by atoms with Gasteiger partial charge in [0.25, 0.3) is 0 Å². The number of methoxy groups -OCH3 is 2. The molecule has 0 aliphatic rings. The predicted molar refractivity (Wildman–Crippen MR) is 118 cm³/mol. The van der Waals surface area contributed by atoms with Gasteiger partial charge in [0.2, 0.25) is 5.91 Å². The fourth-order valence-corrected chi connectivity index (χ4v) is 2.79. The fraction of sp³-hybridized carbons (Fsp3) is 0.136. The van der Waals surface area contributed by atoms with Crippen LogP contribution in [0.2, 0.25) is 0 Å². The Morgan fingerprint density at radius 1 is 1.00 bits per heavy atom. The van der Waals surface area contributed by atoms with Gasteiger partial charge in [0.15, 0.2) is 11.8 Å². The summed E-state index contributed by atoms with van der Waals surface area (Å²) in [5.74, 6) is 1.76. The quantitative estimate of drug-likeness (QED) is 0.425. The van der Waals surface area contributed by atoms with E-state index in [4.69, 9.17) is 15.2 Å². The molecule has 0 atom stereocenters. The molecule has 0 radical (unpaired) electrons. The SMILES string of the molecule is COc1ccc(NC(N)=Nc2ccc(-c3cccc(NC(C)=O)c3)cn2)c(OC)c1. The molecule has 0 saturated carbocycles. The fourth-order valence-electron chi connectivity index (χ4n) is 2.79. The van der Waals surface area contributed by atoms with E-state index >= 15 is 0 Å². The minimum atomic E-state index is -0.119. The van der Waals surface area contributed by atoms with Crippen molar-refractivity contribution in [3.8, 4) is 22.6 Å². The van der Waals surface area contributed by atoms with Gasteiger partial charge in [-0.2, -0.15) is 4.99 Å². The lowest BCUT2D eigenvalue weighted by atomic mass is 10.1. The van der Waals surface area contributed by atoms with Crippen molar-refractivity contribution in [3.05, 3.63) is 60.8 Å². The molecule has 154 valence electrons. The number of carbonyl (C=O) groups is 1. The number of rotatable bonds is 6. The Hall–Kier alpha value is -4.07. The summed E-state index contributed by atoms with van der Waals surface area (Å²) in [5, 5.41) is 5.77. The number of aliphatic imine (C=N–C) groups is 1. The van der Waals surface area contributed by atoms with E-state index in [1.807, 2.05) is 30.3 Å². The number of pyridine rings is 1. The molecule has 2 aromatic carbocycles. The monoisotopic (exact) mass is 405 g/mol. The Labute approximate surface area is 174 Å². The van der Waals surface area contributed by atoms with Crippen LogP contribution in [0.15, 0.2) is 65.8 Å². The van der Waals surface area contributed by atoms with Crippen LogP contribution >= 0.6 is 0 Å². The zero-order chi connectivity index (χ0) is 21.5. The summed E-state index contributed by atoms with van der Waals surface area (Å²) >= 11 is 0. The molecule has 1 aromatic heterocycles. The molecule has 0 unspecified atom stereocenters. The van der Waals surface area contributed by atoms with Crippen LogP contribution in [-0.4, -0.2) is 31.1 Å². The lowest BCUT2D eigenvalue weighted by Gasteiger charge is -2.12. The number of hydrogen-bond acceptors (Lipinski definition) is 5. The summed E-state index contributed by atoms with van der Waals surface area (Å²) in [7, 11) is 3.15. The molecular formula is C22H23N5O3. The van der Waals surface area contributed by atoms with Crippen LogP contribution in [-0.2, 0) is 4.79 Å². The van der Waals surface area contributed by atoms with Gasteiger partial charge in [-0.1, -0.05) is 12.1 Å². The van der Waals surface area contributed by atoms with E-state index in [1.165, 1.54) is 6.92 Å². The largest absolute Gasteiger partial charge is 0.497 e. The number of anilines is 2. The number of amides is 1. The Morgan fingerprint density at radius 2 is 1.83 bits per heavy atom. The Morgan fingerprint density at radius 3 is 2.50 bits per heavy atom. The summed E-state index contributed by atoms with van der Waals surface area (Å²) in [6.07, 6.45) is 1.70. The van der Waals surface area contributed by atoms with Crippen LogP contribution in [0.1, 0.15) is 6.92 Å². The highest BCUT2D eigenvalue weighted by molar-refractivity contribution is 5.95. The second kappa shape index (κ2) is 9.42. The number of carbonyl (C=O) groups excluding carboxylic acids is 1. The maximum absolute atomic E-state index is 11.2. The van der Waals surface area contributed by atoms with Gasteiger partial charge in [-0.05, 0) is 42.0 Å². The van der Waals surface area contributed by atoms with E-state index in [-0.39, 0.29) is 11.9 Å². The van der Waals surface area contributed by atoms with Gasteiger partial charge in [0.1, 0.15) is 11.5 Å². The zero-order valence-corrected chi connectivity index (χ0v) is 17.0. The van der Waals surface area contributed by atoms with Crippen molar-refractivity contribution >= 4 is 29.1 Å². The number of aromatic nitrogens is 1. The molecule has 3 rings (SSSR count). The zero-order valence-electron chi connectivity index (χ0n) is 17.0. The predicted octanol–water partition coefficient (Wildman–Crippen LogP) is 3.78. The third-order valence-electron chi connectivity index (χ3n) is 4.17. The first-order valence-electron chi connectivity index (χ1n) is 9.16. The molecule has 0 bridgehead atoms. The van der Waals surface area contributed by atoms with E-state index in [2.05, 4.69) is 20.6 Å². The van der Waals surface area contributed by atoms with E-state index < -0.39 is 0 Å². The van der Waals surface area contributed by atoms with Crippen LogP contribution in [0.4, 0.5) is 17.2 Å². The van der Waals surface area contributed by atoms with Gasteiger partial charge >= 0.3 is 0 Å². The van der Waals surface area contributed by atoms with Gasteiger partial charge < -0.3 is 25.8 Å². The molecule has 0 aliphatic carbocycles. The second-order valence-electron chi connectivity index (χ2n) is 6.36. The average molecular weight is 405 g/mol. The summed E-state index contributed by atoms with van der Waals surface area (Å²) in [4.78, 5) is 19.9. The maximum atomic E-state index is 11.2. The van der Waals surface area contributed by atoms with Crippen molar-refractivity contribution in [1.29, 1.82) is 0 Å². The minimum absolute atomic E-state index is 0.119. The first-order valence-corrected chi connectivity index (χ1v) is 9.16. The average Bonchev–Trinajstić information content (AvgIpc) is 2.74. The van der Waals surface area contributed by atoms with Crippen LogP contribution in [0.3, 0.4) is 0 Å². The summed E-state index contributed by atoms with van der Waals surface area (Å²) in [5.41, 5.74) is 9.23. The normalized spacial score (nSPS) is 11.0. The van der Waals surface area contributed by atoms with Crippen LogP contribution in [0, 0.1) is 0 Å². The van der Waals surface area contributed by atoms with Gasteiger partial charge in [-0.3, -0.25) is 4.79 Å². The standard InChI is InChI=1S/C22H23N5O3/c1-14(28)25-17-6-4-5-15(11-17)16-7-10-21(24-13-16)27-22(23)26-19-9-8-18(29-2)12-20(19)30-3/h4-13H,1-3H3,(H,25,28)(H3,23,24,26,27). The number of nitrogens with zero attached hydrogens (tertiary/aromatic N) is 2. The highest BCUT2D eigenvalue weighted by atomic mass is 16.5. The number of guanidine groups is 1. The second-order valence-corrected chi connectivity index (χ2v) is 6.36. The molecule has 3 aromatic rings. The van der Waals surface area contributed by atoms with Crippen molar-refractivity contribution in [2.75, 3.05) is 24.9 Å². The van der Waals surface area contributed by atoms with Crippen molar-refractivity contribution in [2.24, 2.45) is 10.7 Å². The third kappa shape index (κ3) is 5.26. The Kier molecular flexibility index (Phi) is 6.49. The van der Waals surface area contributed by atoms with Gasteiger partial charge in [0, 0.05) is 30.4 Å². The smallest absolute Gasteiger partial charge is 0.221 e. The van der Waals surface area contributed by atoms with E-state index in [0.29, 0.717) is 23.0 Å². The molecule has 8 nitrogen and oxygen atoms in total. The van der Waals surface area contributed by atoms with Crippen molar-refractivity contribution in [2.45, 2.75) is 6.92 Å². The topological polar surface area (TPSA) is 111 Å². The Balaban J connectivity index is 1.75. The molecule has 30 heavy (non-hydrogen) atoms. The van der Waals surface area contributed by atoms with Crippen molar-refractivity contribution < 1.29 is 14.3 Å².